The van der Waals surface area contributed by atoms with E-state index >= 15 is 0 Å². The van der Waals surface area contributed by atoms with Gasteiger partial charge in [-0.3, -0.25) is 9.48 Å². The van der Waals surface area contributed by atoms with Gasteiger partial charge in [0.05, 0.1) is 11.7 Å². The minimum Gasteiger partial charge on any atom is -0.399 e. The number of carbonyl (C=O) groups is 1. The predicted molar refractivity (Wildman–Crippen MR) is 82.0 cm³/mol. The van der Waals surface area contributed by atoms with Gasteiger partial charge < -0.3 is 11.1 Å². The smallest absolute Gasteiger partial charge is 0.270 e. The summed E-state index contributed by atoms with van der Waals surface area (Å²) >= 11 is 0. The van der Waals surface area contributed by atoms with Crippen molar-refractivity contribution in [1.82, 2.24) is 15.1 Å². The molecular weight excluding hydrogens is 264 g/mol. The topological polar surface area (TPSA) is 72.9 Å². The van der Waals surface area contributed by atoms with Crippen LogP contribution in [0.2, 0.25) is 0 Å². The fraction of sp³-hybridized carbons (Fsp3) is 0.375. The molecule has 0 saturated carbocycles. The Kier molecular flexibility index (Phi) is 3.41. The first-order valence-electron chi connectivity index (χ1n) is 7.32. The Balaban J connectivity index is 1.81. The zero-order valence-electron chi connectivity index (χ0n) is 12.4. The molecule has 21 heavy (non-hydrogen) atoms. The number of hydrogen-bond donors (Lipinski definition) is 2. The summed E-state index contributed by atoms with van der Waals surface area (Å²) in [5, 5.41) is 7.44. The van der Waals surface area contributed by atoms with Crippen LogP contribution in [-0.4, -0.2) is 15.7 Å². The zero-order chi connectivity index (χ0) is 15.0. The second-order valence-corrected chi connectivity index (χ2v) is 5.51. The summed E-state index contributed by atoms with van der Waals surface area (Å²) in [5.41, 5.74) is 10.5. The molecule has 0 radical (unpaired) electrons. The summed E-state index contributed by atoms with van der Waals surface area (Å²) in [6.07, 6.45) is 1.88. The third kappa shape index (κ3) is 2.51. The summed E-state index contributed by atoms with van der Waals surface area (Å²) in [6, 6.07) is 7.81. The summed E-state index contributed by atoms with van der Waals surface area (Å²) in [4.78, 5) is 12.5. The van der Waals surface area contributed by atoms with Crippen LogP contribution in [0.1, 0.15) is 46.7 Å². The van der Waals surface area contributed by atoms with E-state index in [0.29, 0.717) is 12.2 Å². The van der Waals surface area contributed by atoms with Crippen LogP contribution in [0.3, 0.4) is 0 Å². The number of nitrogens with one attached hydrogen (secondary N) is 1. The zero-order valence-corrected chi connectivity index (χ0v) is 12.4. The van der Waals surface area contributed by atoms with Crippen molar-refractivity contribution in [2.75, 3.05) is 5.73 Å². The van der Waals surface area contributed by atoms with Crippen molar-refractivity contribution < 1.29 is 4.79 Å². The molecule has 1 aromatic carbocycles. The van der Waals surface area contributed by atoms with Gasteiger partial charge in [-0.15, -0.1) is 0 Å². The Morgan fingerprint density at radius 3 is 3.05 bits per heavy atom. The maximum Gasteiger partial charge on any atom is 0.270 e. The number of aryl methyl sites for hydroxylation is 3. The lowest BCUT2D eigenvalue weighted by atomic mass is 10.1. The van der Waals surface area contributed by atoms with Crippen LogP contribution in [-0.2, 0) is 13.0 Å². The van der Waals surface area contributed by atoms with Gasteiger partial charge in [-0.05, 0) is 56.0 Å². The van der Waals surface area contributed by atoms with Crippen molar-refractivity contribution in [2.45, 2.75) is 39.3 Å². The van der Waals surface area contributed by atoms with E-state index in [0.717, 1.165) is 24.2 Å². The van der Waals surface area contributed by atoms with Gasteiger partial charge in [0.1, 0.15) is 5.69 Å². The molecule has 5 nitrogen and oxygen atoms in total. The fourth-order valence-electron chi connectivity index (χ4n) is 2.99. The molecule has 0 fully saturated rings. The van der Waals surface area contributed by atoms with E-state index in [2.05, 4.69) is 10.4 Å². The number of nitrogens with zero attached hydrogens (tertiary/aromatic N) is 2. The van der Waals surface area contributed by atoms with Crippen molar-refractivity contribution in [2.24, 2.45) is 0 Å². The van der Waals surface area contributed by atoms with Gasteiger partial charge in [0.25, 0.3) is 5.91 Å². The van der Waals surface area contributed by atoms with E-state index in [1.54, 1.807) is 4.68 Å². The molecule has 3 N–H and O–H groups in total. The lowest BCUT2D eigenvalue weighted by Gasteiger charge is -2.14. The van der Waals surface area contributed by atoms with Crippen molar-refractivity contribution in [1.29, 1.82) is 0 Å². The second-order valence-electron chi connectivity index (χ2n) is 5.51. The molecule has 0 bridgehead atoms. The monoisotopic (exact) mass is 284 g/mol. The highest BCUT2D eigenvalue weighted by molar-refractivity contribution is 5.93. The lowest BCUT2D eigenvalue weighted by molar-refractivity contribution is 0.0926. The molecule has 0 aliphatic heterocycles. The minimum absolute atomic E-state index is 0.0628. The van der Waals surface area contributed by atoms with Crippen molar-refractivity contribution in [3.63, 3.8) is 0 Å². The van der Waals surface area contributed by atoms with E-state index in [9.17, 15) is 4.79 Å². The van der Waals surface area contributed by atoms with Gasteiger partial charge >= 0.3 is 0 Å². The molecule has 1 aliphatic rings. The number of anilines is 1. The van der Waals surface area contributed by atoms with Gasteiger partial charge in [0, 0.05) is 12.2 Å². The molecule has 1 heterocycles. The van der Waals surface area contributed by atoms with Crippen LogP contribution in [0.4, 0.5) is 5.69 Å². The van der Waals surface area contributed by atoms with Gasteiger partial charge in [-0.2, -0.15) is 5.10 Å². The molecule has 3 rings (SSSR count). The average molecular weight is 284 g/mol. The second kappa shape index (κ2) is 5.24. The van der Waals surface area contributed by atoms with Gasteiger partial charge in [0.15, 0.2) is 0 Å². The first-order valence-corrected chi connectivity index (χ1v) is 7.32. The Bertz CT molecular complexity index is 690. The SMILES string of the molecule is CCn1nc(C)cc1C(=O)NC1CCc2cc(N)ccc21. The molecule has 2 aromatic rings. The summed E-state index contributed by atoms with van der Waals surface area (Å²) in [7, 11) is 0. The lowest BCUT2D eigenvalue weighted by Crippen LogP contribution is -2.29. The highest BCUT2D eigenvalue weighted by Crippen LogP contribution is 2.32. The molecule has 1 aromatic heterocycles. The van der Waals surface area contributed by atoms with Crippen LogP contribution < -0.4 is 11.1 Å². The number of carbonyl (C=O) groups excluding carboxylic acids is 1. The van der Waals surface area contributed by atoms with Crippen LogP contribution >= 0.6 is 0 Å². The highest BCUT2D eigenvalue weighted by Gasteiger charge is 2.25. The van der Waals surface area contributed by atoms with Crippen LogP contribution in [0.25, 0.3) is 0 Å². The molecule has 1 unspecified atom stereocenters. The van der Waals surface area contributed by atoms with Crippen LogP contribution in [0.15, 0.2) is 24.3 Å². The van der Waals surface area contributed by atoms with E-state index in [4.69, 9.17) is 5.73 Å². The summed E-state index contributed by atoms with van der Waals surface area (Å²) in [6.45, 7) is 4.57. The normalized spacial score (nSPS) is 16.8. The maximum atomic E-state index is 12.5. The summed E-state index contributed by atoms with van der Waals surface area (Å²) < 4.78 is 1.74. The van der Waals surface area contributed by atoms with Gasteiger partial charge in [-0.25, -0.2) is 0 Å². The predicted octanol–water partition coefficient (Wildman–Crippen LogP) is 2.21. The largest absolute Gasteiger partial charge is 0.399 e. The molecule has 5 heteroatoms. The first-order chi connectivity index (χ1) is 10.1. The Hall–Kier alpha value is -2.30. The standard InChI is InChI=1S/C16H20N4O/c1-3-20-15(8-10(2)19-20)16(21)18-14-7-4-11-9-12(17)5-6-13(11)14/h5-6,8-9,14H,3-4,7,17H2,1-2H3,(H,18,21). The molecular formula is C16H20N4O. The number of fused-ring (bicyclic) bond motifs is 1. The van der Waals surface area contributed by atoms with Crippen LogP contribution in [0, 0.1) is 6.92 Å². The molecule has 0 saturated heterocycles. The molecule has 110 valence electrons. The molecule has 1 aliphatic carbocycles. The average Bonchev–Trinajstić information content (AvgIpc) is 3.02. The van der Waals surface area contributed by atoms with E-state index in [-0.39, 0.29) is 11.9 Å². The number of aromatic nitrogens is 2. The number of nitrogens with two attached hydrogens (primary N) is 1. The Morgan fingerprint density at radius 2 is 2.29 bits per heavy atom. The number of amides is 1. The van der Waals surface area contributed by atoms with E-state index in [1.165, 1.54) is 11.1 Å². The van der Waals surface area contributed by atoms with Crippen LogP contribution in [0.5, 0.6) is 0 Å². The molecule has 0 spiro atoms. The van der Waals surface area contributed by atoms with Crippen molar-refractivity contribution in [3.05, 3.63) is 46.8 Å². The van der Waals surface area contributed by atoms with Gasteiger partial charge in [0.2, 0.25) is 0 Å². The van der Waals surface area contributed by atoms with Crippen molar-refractivity contribution >= 4 is 11.6 Å². The minimum atomic E-state index is -0.0628. The number of nitrogen functional groups attached to an aromatic ring is 1. The third-order valence-corrected chi connectivity index (χ3v) is 3.98. The Labute approximate surface area is 124 Å². The number of rotatable bonds is 3. The Morgan fingerprint density at radius 1 is 1.48 bits per heavy atom. The quantitative estimate of drug-likeness (QED) is 0.849. The maximum absolute atomic E-state index is 12.5. The van der Waals surface area contributed by atoms with Crippen molar-refractivity contribution in [3.8, 4) is 0 Å². The number of hydrogen-bond acceptors (Lipinski definition) is 3. The van der Waals surface area contributed by atoms with E-state index in [1.807, 2.05) is 38.1 Å². The third-order valence-electron chi connectivity index (χ3n) is 3.98. The fourth-order valence-corrected chi connectivity index (χ4v) is 2.99. The van der Waals surface area contributed by atoms with E-state index < -0.39 is 0 Å². The summed E-state index contributed by atoms with van der Waals surface area (Å²) in [5.74, 6) is -0.0628. The van der Waals surface area contributed by atoms with Gasteiger partial charge in [-0.1, -0.05) is 6.07 Å². The molecule has 1 amide bonds. The number of benzene rings is 1. The highest BCUT2D eigenvalue weighted by atomic mass is 16.2. The molecule has 1 atom stereocenters. The first kappa shape index (κ1) is 13.7.